The second kappa shape index (κ2) is 8.07. The van der Waals surface area contributed by atoms with Crippen LogP contribution in [0.15, 0.2) is 27.9 Å². The van der Waals surface area contributed by atoms with Crippen LogP contribution in [0.4, 0.5) is 4.39 Å². The molecule has 0 spiro atoms. The Kier molecular flexibility index (Phi) is 4.90. The first-order valence-electron chi connectivity index (χ1n) is 10.6. The molecule has 1 aromatic carbocycles. The van der Waals surface area contributed by atoms with Crippen molar-refractivity contribution in [1.29, 1.82) is 0 Å². The Labute approximate surface area is 189 Å². The summed E-state index contributed by atoms with van der Waals surface area (Å²) >= 11 is 5.63. The van der Waals surface area contributed by atoms with E-state index in [9.17, 15) is 24.4 Å². The molecule has 1 aromatic heterocycles. The Balaban J connectivity index is 1.68. The van der Waals surface area contributed by atoms with Gasteiger partial charge in [-0.05, 0) is 19.4 Å². The molecule has 2 aliphatic heterocycles. The van der Waals surface area contributed by atoms with E-state index in [1.54, 1.807) is 31.0 Å². The summed E-state index contributed by atoms with van der Waals surface area (Å²) in [6, 6.07) is 3.35. The van der Waals surface area contributed by atoms with Crippen LogP contribution in [0.5, 0.6) is 5.75 Å². The van der Waals surface area contributed by atoms with Crippen molar-refractivity contribution in [2.45, 2.75) is 44.7 Å². The number of fused-ring (bicyclic) bond motifs is 1. The summed E-state index contributed by atoms with van der Waals surface area (Å²) in [7, 11) is -4.87. The van der Waals surface area contributed by atoms with Crippen molar-refractivity contribution >= 4 is 19.4 Å². The monoisotopic (exact) mass is 495 g/mol. The van der Waals surface area contributed by atoms with E-state index in [-0.39, 0.29) is 16.9 Å². The number of halogens is 2. The second-order valence-electron chi connectivity index (χ2n) is 7.16. The number of hydrogen-bond donors (Lipinski definition) is 3. The summed E-state index contributed by atoms with van der Waals surface area (Å²) in [5, 5.41) is 20.0. The van der Waals surface area contributed by atoms with Gasteiger partial charge in [-0.3, -0.25) is 23.4 Å². The molecule has 0 amide bonds. The maximum Gasteiger partial charge on any atom is 0.530 e. The van der Waals surface area contributed by atoms with Crippen LogP contribution in [0, 0.1) is 13.8 Å². The Hall–Kier alpha value is -2.05. The van der Waals surface area contributed by atoms with Crippen molar-refractivity contribution < 1.29 is 41.6 Å². The molecule has 2 aliphatic rings. The lowest BCUT2D eigenvalue weighted by Gasteiger charge is -2.29. The van der Waals surface area contributed by atoms with Crippen molar-refractivity contribution in [2.24, 2.45) is 0 Å². The molecular weight excluding hydrogens is 474 g/mol. The molecule has 4 rings (SSSR count). The van der Waals surface area contributed by atoms with Crippen LogP contribution in [-0.2, 0) is 25.0 Å². The molecule has 174 valence electrons. The zero-order valence-electron chi connectivity index (χ0n) is 19.5. The topological polar surface area (TPSA) is 149 Å². The normalized spacial score (nSPS) is 36.0. The third-order valence-electron chi connectivity index (χ3n) is 4.70. The summed E-state index contributed by atoms with van der Waals surface area (Å²) in [6.07, 6.45) is -8.18. The lowest BCUT2D eigenvalue weighted by atomic mass is 10.1. The van der Waals surface area contributed by atoms with Crippen LogP contribution in [-0.4, -0.2) is 44.4 Å². The van der Waals surface area contributed by atoms with Crippen molar-refractivity contribution in [2.75, 3.05) is 6.56 Å². The molecule has 1 unspecified atom stereocenters. The zero-order valence-corrected chi connectivity index (χ0v) is 18.1. The van der Waals surface area contributed by atoms with Gasteiger partial charge < -0.3 is 19.5 Å². The van der Waals surface area contributed by atoms with Gasteiger partial charge in [0.05, 0.1) is 10.7 Å². The van der Waals surface area contributed by atoms with Gasteiger partial charge in [0.25, 0.3) is 11.4 Å². The fourth-order valence-electron chi connectivity index (χ4n) is 3.23. The third kappa shape index (κ3) is 4.03. The number of ether oxygens (including phenoxy) is 1. The van der Waals surface area contributed by atoms with Gasteiger partial charge in [0.1, 0.15) is 29.5 Å². The lowest BCUT2D eigenvalue weighted by molar-refractivity contribution is -0.205. The molecule has 32 heavy (non-hydrogen) atoms. The van der Waals surface area contributed by atoms with E-state index < -0.39 is 54.9 Å². The van der Waals surface area contributed by atoms with Crippen LogP contribution in [0.3, 0.4) is 0 Å². The Morgan fingerprint density at radius 3 is 2.91 bits per heavy atom. The Morgan fingerprint density at radius 1 is 1.47 bits per heavy atom. The lowest BCUT2D eigenvalue weighted by Crippen LogP contribution is -2.43. The standard InChI is InChI=1S/C18H19ClFN2O9P/c1-8-3-9(2)13-10(4-8)6-28-32(27,31-13)29-7-18(20)14(24)12(23)16(30-18)22-5-11(19)15(25)21-17(22)26/h3-5,12,14,16,23-24H,6-7H2,1-2H3,(H,21,25,26)/t12-,14+,16-,18-,32?/m1/s1/i7D2,16D. The Bertz CT molecular complexity index is 1370. The summed E-state index contributed by atoms with van der Waals surface area (Å²) in [4.78, 5) is 25.4. The fraction of sp³-hybridized carbons (Fsp3) is 0.444. The summed E-state index contributed by atoms with van der Waals surface area (Å²) in [5.41, 5.74) is -0.634. The number of hydrogen-bond acceptors (Lipinski definition) is 9. The number of aliphatic hydroxyl groups excluding tert-OH is 2. The van der Waals surface area contributed by atoms with Gasteiger partial charge in [0.2, 0.25) is 0 Å². The number of H-pyrrole nitrogens is 1. The molecule has 2 aromatic rings. The highest BCUT2D eigenvalue weighted by Gasteiger charge is 2.57. The van der Waals surface area contributed by atoms with Crippen molar-refractivity contribution in [1.82, 2.24) is 9.55 Å². The predicted octanol–water partition coefficient (Wildman–Crippen LogP) is 1.46. The number of aromatic nitrogens is 2. The SMILES string of the molecule is [2H]C([2H])(OP1(=O)OCc2cc(C)cc(C)c2O1)[C@@]1(F)O[C@@]([2H])(n2cc(Cl)c(=O)[nH]c2=O)[C@H](O)[C@@H]1O. The third-order valence-corrected chi connectivity index (χ3v) is 6.13. The molecule has 3 heterocycles. The number of phosphoric acid groups is 1. The van der Waals surface area contributed by atoms with E-state index in [0.29, 0.717) is 17.3 Å². The number of aliphatic hydroxyl groups is 2. The van der Waals surface area contributed by atoms with E-state index in [4.69, 9.17) is 34.0 Å². The number of benzene rings is 1. The number of alkyl halides is 1. The number of phosphoric ester groups is 1. The van der Waals surface area contributed by atoms with E-state index in [1.165, 1.54) is 0 Å². The first-order chi connectivity index (χ1) is 16.0. The molecular formula is C18H19ClFN2O9P. The van der Waals surface area contributed by atoms with E-state index >= 15 is 4.39 Å². The van der Waals surface area contributed by atoms with Crippen LogP contribution < -0.4 is 15.8 Å². The molecule has 1 fully saturated rings. The predicted molar refractivity (Wildman–Crippen MR) is 107 cm³/mol. The molecule has 1 saturated heterocycles. The number of aryl methyl sites for hydroxylation is 2. The van der Waals surface area contributed by atoms with E-state index in [0.717, 1.165) is 5.56 Å². The highest BCUT2D eigenvalue weighted by molar-refractivity contribution is 7.49. The van der Waals surface area contributed by atoms with Crippen molar-refractivity contribution in [3.05, 3.63) is 60.9 Å². The molecule has 0 aliphatic carbocycles. The average Bonchev–Trinajstić information content (AvgIpc) is 2.93. The van der Waals surface area contributed by atoms with E-state index in [2.05, 4.69) is 0 Å². The van der Waals surface area contributed by atoms with Gasteiger partial charge in [-0.2, -0.15) is 0 Å². The molecule has 3 N–H and O–H groups in total. The maximum atomic E-state index is 15.9. The van der Waals surface area contributed by atoms with E-state index in [1.807, 2.05) is 0 Å². The van der Waals surface area contributed by atoms with Crippen molar-refractivity contribution in [3.63, 3.8) is 0 Å². The van der Waals surface area contributed by atoms with Crippen molar-refractivity contribution in [3.8, 4) is 5.75 Å². The summed E-state index contributed by atoms with van der Waals surface area (Å²) in [6.45, 7) is -0.808. The molecule has 11 nitrogen and oxygen atoms in total. The number of rotatable bonds is 4. The average molecular weight is 496 g/mol. The molecule has 0 bridgehead atoms. The van der Waals surface area contributed by atoms with Gasteiger partial charge in [-0.15, -0.1) is 0 Å². The van der Waals surface area contributed by atoms with Gasteiger partial charge in [0, 0.05) is 11.8 Å². The Morgan fingerprint density at radius 2 is 2.19 bits per heavy atom. The number of aromatic amines is 1. The van der Waals surface area contributed by atoms with Gasteiger partial charge in [0.15, 0.2) is 6.20 Å². The second-order valence-corrected chi connectivity index (χ2v) is 9.08. The number of nitrogens with one attached hydrogen (secondary N) is 1. The minimum absolute atomic E-state index is 0.0612. The van der Waals surface area contributed by atoms with Gasteiger partial charge in [-0.25, -0.2) is 13.8 Å². The molecule has 14 heteroatoms. The fourth-order valence-corrected chi connectivity index (χ4v) is 4.53. The summed E-state index contributed by atoms with van der Waals surface area (Å²) in [5.74, 6) is -4.03. The largest absolute Gasteiger partial charge is 0.530 e. The van der Waals surface area contributed by atoms with Crippen LogP contribution in [0.1, 0.15) is 27.0 Å². The highest BCUT2D eigenvalue weighted by atomic mass is 35.5. The molecule has 5 atom stereocenters. The minimum atomic E-state index is -4.87. The smallest absolute Gasteiger partial charge is 0.403 e. The van der Waals surface area contributed by atoms with Gasteiger partial charge >= 0.3 is 13.5 Å². The first-order valence-corrected chi connectivity index (χ1v) is 10.9. The maximum absolute atomic E-state index is 15.9. The first kappa shape index (κ1) is 19.4. The number of nitrogens with zero attached hydrogens (tertiary/aromatic N) is 1. The zero-order chi connectivity index (χ0) is 26.1. The van der Waals surface area contributed by atoms with Crippen LogP contribution >= 0.6 is 19.4 Å². The summed E-state index contributed by atoms with van der Waals surface area (Å²) < 4.78 is 73.2. The van der Waals surface area contributed by atoms with Gasteiger partial charge in [-0.1, -0.05) is 29.3 Å². The molecule has 0 radical (unpaired) electrons. The molecule has 0 saturated carbocycles. The highest BCUT2D eigenvalue weighted by Crippen LogP contribution is 2.56. The minimum Gasteiger partial charge on any atom is -0.403 e. The van der Waals surface area contributed by atoms with Crippen LogP contribution in [0.25, 0.3) is 0 Å². The quantitative estimate of drug-likeness (QED) is 0.536. The van der Waals surface area contributed by atoms with Crippen LogP contribution in [0.2, 0.25) is 5.02 Å².